The first-order valence-corrected chi connectivity index (χ1v) is 9.54. The van der Waals surface area contributed by atoms with E-state index in [1.54, 1.807) is 12.1 Å². The second-order valence-corrected chi connectivity index (χ2v) is 7.24. The van der Waals surface area contributed by atoms with Crippen molar-refractivity contribution in [3.63, 3.8) is 0 Å². The third-order valence-electron chi connectivity index (χ3n) is 4.85. The van der Waals surface area contributed by atoms with E-state index >= 15 is 0 Å². The summed E-state index contributed by atoms with van der Waals surface area (Å²) in [5.41, 5.74) is 6.38. The van der Waals surface area contributed by atoms with Crippen LogP contribution in [0.5, 0.6) is 5.75 Å². The number of nitrogens with zero attached hydrogens (tertiary/aromatic N) is 2. The van der Waals surface area contributed by atoms with Crippen molar-refractivity contribution < 1.29 is 9.53 Å². The van der Waals surface area contributed by atoms with Crippen LogP contribution in [-0.2, 0) is 6.61 Å². The topological polar surface area (TPSA) is 55.6 Å². The smallest absolute Gasteiger partial charge is 0.255 e. The Morgan fingerprint density at radius 2 is 1.90 bits per heavy atom. The van der Waals surface area contributed by atoms with Gasteiger partial charge in [0.2, 0.25) is 0 Å². The van der Waals surface area contributed by atoms with Crippen LogP contribution in [0.4, 0.5) is 5.69 Å². The highest BCUT2D eigenvalue weighted by Crippen LogP contribution is 2.20. The molecule has 4 aromatic rings. The van der Waals surface area contributed by atoms with E-state index in [1.807, 2.05) is 80.0 Å². The molecule has 0 spiro atoms. The van der Waals surface area contributed by atoms with Crippen LogP contribution in [-0.4, -0.2) is 15.3 Å². The van der Waals surface area contributed by atoms with E-state index in [-0.39, 0.29) is 5.91 Å². The summed E-state index contributed by atoms with van der Waals surface area (Å²) in [4.78, 5) is 17.3. The lowest BCUT2D eigenvalue weighted by molar-refractivity contribution is 0.102. The highest BCUT2D eigenvalue weighted by atomic mass is 16.5. The Morgan fingerprint density at radius 3 is 2.72 bits per heavy atom. The Kier molecular flexibility index (Phi) is 5.04. The zero-order valence-corrected chi connectivity index (χ0v) is 16.8. The number of hydrogen-bond donors (Lipinski definition) is 1. The molecule has 5 nitrogen and oxygen atoms in total. The number of anilines is 1. The summed E-state index contributed by atoms with van der Waals surface area (Å²) in [5, 5.41) is 2.98. The van der Waals surface area contributed by atoms with Crippen LogP contribution >= 0.6 is 0 Å². The molecule has 0 bridgehead atoms. The molecule has 2 heterocycles. The van der Waals surface area contributed by atoms with E-state index < -0.39 is 0 Å². The van der Waals surface area contributed by atoms with Crippen molar-refractivity contribution in [2.75, 3.05) is 5.32 Å². The SMILES string of the molecule is Cc1ccc(C)c(NC(=O)c2cccc(OCc3cn4cccc(C)c4n3)c2)c1. The van der Waals surface area contributed by atoms with Gasteiger partial charge in [-0.3, -0.25) is 4.79 Å². The second kappa shape index (κ2) is 7.80. The van der Waals surface area contributed by atoms with Crippen LogP contribution in [0.3, 0.4) is 0 Å². The molecule has 5 heteroatoms. The standard InChI is InChI=1S/C24H23N3O2/c1-16-9-10-17(2)22(12-16)26-24(28)19-7-4-8-21(13-19)29-15-20-14-27-11-5-6-18(3)23(27)25-20/h4-14H,15H2,1-3H3,(H,26,28). The van der Waals surface area contributed by atoms with Crippen LogP contribution < -0.4 is 10.1 Å². The quantitative estimate of drug-likeness (QED) is 0.520. The van der Waals surface area contributed by atoms with Gasteiger partial charge in [0.15, 0.2) is 0 Å². The Bertz CT molecular complexity index is 1190. The summed E-state index contributed by atoms with van der Waals surface area (Å²) in [6.45, 7) is 6.35. The molecule has 1 N–H and O–H groups in total. The highest BCUT2D eigenvalue weighted by molar-refractivity contribution is 6.04. The summed E-state index contributed by atoms with van der Waals surface area (Å²) in [7, 11) is 0. The van der Waals surface area contributed by atoms with E-state index in [1.165, 1.54) is 0 Å². The normalized spacial score (nSPS) is 10.9. The molecule has 0 atom stereocenters. The van der Waals surface area contributed by atoms with Crippen molar-refractivity contribution in [2.24, 2.45) is 0 Å². The Balaban J connectivity index is 1.47. The number of carbonyl (C=O) groups is 1. The molecule has 1 amide bonds. The van der Waals surface area contributed by atoms with E-state index in [9.17, 15) is 4.79 Å². The third-order valence-corrected chi connectivity index (χ3v) is 4.85. The lowest BCUT2D eigenvalue weighted by Gasteiger charge is -2.10. The number of nitrogens with one attached hydrogen (secondary N) is 1. The van der Waals surface area contributed by atoms with Crippen molar-refractivity contribution in [1.82, 2.24) is 9.38 Å². The van der Waals surface area contributed by atoms with Crippen LogP contribution in [0, 0.1) is 20.8 Å². The van der Waals surface area contributed by atoms with Gasteiger partial charge in [-0.25, -0.2) is 4.98 Å². The summed E-state index contributed by atoms with van der Waals surface area (Å²) < 4.78 is 7.88. The first kappa shape index (κ1) is 18.7. The van der Waals surface area contributed by atoms with Gasteiger partial charge in [0.1, 0.15) is 18.0 Å². The maximum Gasteiger partial charge on any atom is 0.255 e. The van der Waals surface area contributed by atoms with Crippen molar-refractivity contribution in [3.8, 4) is 5.75 Å². The Morgan fingerprint density at radius 1 is 1.03 bits per heavy atom. The fourth-order valence-corrected chi connectivity index (χ4v) is 3.22. The molecule has 0 saturated heterocycles. The van der Waals surface area contributed by atoms with Gasteiger partial charge in [-0.15, -0.1) is 0 Å². The van der Waals surface area contributed by atoms with Crippen molar-refractivity contribution in [2.45, 2.75) is 27.4 Å². The van der Waals surface area contributed by atoms with Crippen LogP contribution in [0.25, 0.3) is 5.65 Å². The number of pyridine rings is 1. The van der Waals surface area contributed by atoms with Gasteiger partial charge in [-0.2, -0.15) is 0 Å². The predicted molar refractivity (Wildman–Crippen MR) is 115 cm³/mol. The van der Waals surface area contributed by atoms with Gasteiger partial charge in [-0.1, -0.05) is 24.3 Å². The van der Waals surface area contributed by atoms with Gasteiger partial charge < -0.3 is 14.5 Å². The van der Waals surface area contributed by atoms with Crippen LogP contribution in [0.1, 0.15) is 32.7 Å². The number of fused-ring (bicyclic) bond motifs is 1. The maximum atomic E-state index is 12.7. The number of aryl methyl sites for hydroxylation is 3. The average Bonchev–Trinajstić information content (AvgIpc) is 3.14. The first-order valence-electron chi connectivity index (χ1n) is 9.54. The van der Waals surface area contributed by atoms with Crippen molar-refractivity contribution in [3.05, 3.63) is 94.9 Å². The van der Waals surface area contributed by atoms with Crippen LogP contribution in [0.15, 0.2) is 67.0 Å². The van der Waals surface area contributed by atoms with Gasteiger partial charge in [0.05, 0.1) is 5.69 Å². The zero-order valence-electron chi connectivity index (χ0n) is 16.8. The summed E-state index contributed by atoms with van der Waals surface area (Å²) in [5.74, 6) is 0.472. The number of carbonyl (C=O) groups excluding carboxylic acids is 1. The van der Waals surface area contributed by atoms with E-state index in [2.05, 4.69) is 10.3 Å². The van der Waals surface area contributed by atoms with Crippen molar-refractivity contribution in [1.29, 1.82) is 0 Å². The Labute approximate surface area is 170 Å². The molecule has 0 aliphatic heterocycles. The van der Waals surface area contributed by atoms with E-state index in [4.69, 9.17) is 4.74 Å². The molecular weight excluding hydrogens is 362 g/mol. The fourth-order valence-electron chi connectivity index (χ4n) is 3.22. The molecule has 29 heavy (non-hydrogen) atoms. The lowest BCUT2D eigenvalue weighted by atomic mass is 10.1. The molecule has 0 aliphatic carbocycles. The van der Waals surface area contributed by atoms with Gasteiger partial charge in [0, 0.05) is 23.6 Å². The molecule has 0 unspecified atom stereocenters. The molecule has 146 valence electrons. The molecule has 0 saturated carbocycles. The minimum Gasteiger partial charge on any atom is -0.487 e. The average molecular weight is 385 g/mol. The molecular formula is C24H23N3O2. The number of amides is 1. The van der Waals surface area contributed by atoms with Gasteiger partial charge in [-0.05, 0) is 67.8 Å². The van der Waals surface area contributed by atoms with Gasteiger partial charge >= 0.3 is 0 Å². The largest absolute Gasteiger partial charge is 0.487 e. The monoisotopic (exact) mass is 385 g/mol. The maximum absolute atomic E-state index is 12.7. The number of benzene rings is 2. The Hall–Kier alpha value is -3.60. The fraction of sp³-hybridized carbons (Fsp3) is 0.167. The highest BCUT2D eigenvalue weighted by Gasteiger charge is 2.10. The number of hydrogen-bond acceptors (Lipinski definition) is 3. The number of ether oxygens (including phenoxy) is 1. The lowest BCUT2D eigenvalue weighted by Crippen LogP contribution is -2.13. The van der Waals surface area contributed by atoms with E-state index in [0.29, 0.717) is 17.9 Å². The van der Waals surface area contributed by atoms with Gasteiger partial charge in [0.25, 0.3) is 5.91 Å². The number of imidazole rings is 1. The van der Waals surface area contributed by atoms with Crippen molar-refractivity contribution >= 4 is 17.2 Å². The predicted octanol–water partition coefficient (Wildman–Crippen LogP) is 5.09. The number of aromatic nitrogens is 2. The van der Waals surface area contributed by atoms with Crippen LogP contribution in [0.2, 0.25) is 0 Å². The third kappa shape index (κ3) is 4.14. The minimum absolute atomic E-state index is 0.160. The summed E-state index contributed by atoms with van der Waals surface area (Å²) in [6, 6.07) is 17.2. The summed E-state index contributed by atoms with van der Waals surface area (Å²) >= 11 is 0. The first-order chi connectivity index (χ1) is 14.0. The number of rotatable bonds is 5. The molecule has 0 aliphatic rings. The molecule has 0 fully saturated rings. The van der Waals surface area contributed by atoms with E-state index in [0.717, 1.165) is 33.7 Å². The molecule has 4 rings (SSSR count). The second-order valence-electron chi connectivity index (χ2n) is 7.24. The summed E-state index contributed by atoms with van der Waals surface area (Å²) in [6.07, 6.45) is 3.93. The minimum atomic E-state index is -0.160. The molecule has 2 aromatic heterocycles. The molecule has 0 radical (unpaired) electrons. The molecule has 2 aromatic carbocycles. The zero-order chi connectivity index (χ0) is 20.4.